The maximum Gasteiger partial charge on any atom is 0.240 e. The lowest BCUT2D eigenvalue weighted by molar-refractivity contribution is -0.121. The fraction of sp³-hybridized carbons (Fsp3) is 0.350. The fourth-order valence-corrected chi connectivity index (χ4v) is 3.88. The predicted molar refractivity (Wildman–Crippen MR) is 105 cm³/mol. The highest BCUT2D eigenvalue weighted by Crippen LogP contribution is 2.31. The van der Waals surface area contributed by atoms with Gasteiger partial charge < -0.3 is 14.8 Å². The molecule has 0 aliphatic carbocycles. The maximum absolute atomic E-state index is 12.5. The third-order valence-corrected chi connectivity index (χ3v) is 5.81. The number of ether oxygens (including phenoxy) is 2. The molecule has 2 aromatic carbocycles. The third-order valence-electron chi connectivity index (χ3n) is 4.35. The second-order valence-electron chi connectivity index (χ2n) is 6.51. The van der Waals surface area contributed by atoms with E-state index in [1.807, 2.05) is 37.3 Å². The summed E-state index contributed by atoms with van der Waals surface area (Å²) in [6, 6.07) is 13.9. The van der Waals surface area contributed by atoms with E-state index in [9.17, 15) is 13.2 Å². The number of fused-ring (bicyclic) bond motifs is 1. The largest absolute Gasteiger partial charge is 0.490 e. The van der Waals surface area contributed by atoms with E-state index in [2.05, 4.69) is 10.0 Å². The minimum atomic E-state index is -3.75. The summed E-state index contributed by atoms with van der Waals surface area (Å²) < 4.78 is 38.5. The third kappa shape index (κ3) is 5.24. The molecule has 2 N–H and O–H groups in total. The zero-order valence-electron chi connectivity index (χ0n) is 15.7. The lowest BCUT2D eigenvalue weighted by Crippen LogP contribution is -2.32. The molecule has 7 nitrogen and oxygen atoms in total. The second kappa shape index (κ2) is 9.07. The van der Waals surface area contributed by atoms with Crippen molar-refractivity contribution < 1.29 is 22.7 Å². The molecule has 1 aliphatic heterocycles. The Hall–Kier alpha value is -2.58. The zero-order chi connectivity index (χ0) is 20.0. The topological polar surface area (TPSA) is 93.7 Å². The normalized spacial score (nSPS) is 14.8. The molecule has 1 atom stereocenters. The van der Waals surface area contributed by atoms with Crippen LogP contribution in [0, 0.1) is 0 Å². The van der Waals surface area contributed by atoms with Crippen molar-refractivity contribution in [2.45, 2.75) is 30.7 Å². The van der Waals surface area contributed by atoms with E-state index >= 15 is 0 Å². The van der Waals surface area contributed by atoms with Crippen LogP contribution in [0.15, 0.2) is 53.4 Å². The van der Waals surface area contributed by atoms with Gasteiger partial charge in [0, 0.05) is 25.5 Å². The quantitative estimate of drug-likeness (QED) is 0.739. The van der Waals surface area contributed by atoms with Crippen LogP contribution in [-0.2, 0) is 14.8 Å². The highest BCUT2D eigenvalue weighted by molar-refractivity contribution is 7.89. The minimum absolute atomic E-state index is 0.00409. The molecule has 2 aromatic rings. The molecule has 0 saturated heterocycles. The molecule has 1 aliphatic rings. The molecule has 0 bridgehead atoms. The summed E-state index contributed by atoms with van der Waals surface area (Å²) in [7, 11) is -3.75. The summed E-state index contributed by atoms with van der Waals surface area (Å²) in [5.74, 6) is 0.721. The molecule has 1 amide bonds. The van der Waals surface area contributed by atoms with Gasteiger partial charge in [-0.2, -0.15) is 0 Å². The summed E-state index contributed by atoms with van der Waals surface area (Å²) >= 11 is 0. The number of sulfonamides is 1. The van der Waals surface area contributed by atoms with Gasteiger partial charge in [-0.05, 0) is 24.6 Å². The first kappa shape index (κ1) is 20.2. The fourth-order valence-electron chi connectivity index (χ4n) is 2.83. The van der Waals surface area contributed by atoms with Crippen LogP contribution >= 0.6 is 0 Å². The van der Waals surface area contributed by atoms with Crippen molar-refractivity contribution in [3.8, 4) is 11.5 Å². The van der Waals surface area contributed by atoms with Crippen LogP contribution in [0.5, 0.6) is 11.5 Å². The molecule has 0 aromatic heterocycles. The first-order chi connectivity index (χ1) is 13.5. The number of carbonyl (C=O) groups is 1. The van der Waals surface area contributed by atoms with Crippen LogP contribution in [0.3, 0.4) is 0 Å². The summed E-state index contributed by atoms with van der Waals surface area (Å²) in [5.41, 5.74) is 0.989. The average molecular weight is 404 g/mol. The van der Waals surface area contributed by atoms with Crippen LogP contribution in [0.2, 0.25) is 0 Å². The molecular weight excluding hydrogens is 380 g/mol. The molecular formula is C20H24N2O5S. The molecule has 8 heteroatoms. The molecule has 0 unspecified atom stereocenters. The van der Waals surface area contributed by atoms with Crippen molar-refractivity contribution in [3.05, 3.63) is 54.1 Å². The van der Waals surface area contributed by atoms with Crippen molar-refractivity contribution >= 4 is 15.9 Å². The second-order valence-corrected chi connectivity index (χ2v) is 8.27. The average Bonchev–Trinajstić information content (AvgIpc) is 2.93. The lowest BCUT2D eigenvalue weighted by Gasteiger charge is -2.14. The van der Waals surface area contributed by atoms with Crippen LogP contribution in [0.1, 0.15) is 31.4 Å². The van der Waals surface area contributed by atoms with Gasteiger partial charge in [0.25, 0.3) is 0 Å². The van der Waals surface area contributed by atoms with Gasteiger partial charge in [-0.25, -0.2) is 13.1 Å². The Labute approximate surface area is 165 Å². The smallest absolute Gasteiger partial charge is 0.240 e. The Bertz CT molecular complexity index is 915. The first-order valence-corrected chi connectivity index (χ1v) is 10.7. The molecule has 0 saturated carbocycles. The number of carbonyl (C=O) groups excluding carboxylic acids is 1. The minimum Gasteiger partial charge on any atom is -0.490 e. The number of hydrogen-bond donors (Lipinski definition) is 2. The Morgan fingerprint density at radius 2 is 1.79 bits per heavy atom. The predicted octanol–water partition coefficient (Wildman–Crippen LogP) is 2.39. The number of hydrogen-bond acceptors (Lipinski definition) is 5. The lowest BCUT2D eigenvalue weighted by atomic mass is 10.1. The van der Waals surface area contributed by atoms with Crippen LogP contribution in [-0.4, -0.2) is 34.1 Å². The summed E-state index contributed by atoms with van der Waals surface area (Å²) in [6.45, 7) is 2.90. The monoisotopic (exact) mass is 404 g/mol. The van der Waals surface area contributed by atoms with Crippen molar-refractivity contribution in [1.29, 1.82) is 0 Å². The summed E-state index contributed by atoms with van der Waals surface area (Å²) in [6.07, 6.45) is 0.784. The highest BCUT2D eigenvalue weighted by atomic mass is 32.2. The van der Waals surface area contributed by atoms with Gasteiger partial charge in [0.05, 0.1) is 24.2 Å². The van der Waals surface area contributed by atoms with Crippen LogP contribution in [0.25, 0.3) is 0 Å². The summed E-state index contributed by atoms with van der Waals surface area (Å²) in [4.78, 5) is 12.2. The molecule has 0 fully saturated rings. The first-order valence-electron chi connectivity index (χ1n) is 9.19. The van der Waals surface area contributed by atoms with Crippen molar-refractivity contribution in [2.24, 2.45) is 0 Å². The number of nitrogens with one attached hydrogen (secondary N) is 2. The standard InChI is InChI=1S/C20H24N2O5S/c1-15(16-6-3-2-4-7-16)22-20(23)10-11-21-28(24,25)17-8-9-18-19(14-17)27-13-5-12-26-18/h2-4,6-9,14-15,21H,5,10-13H2,1H3,(H,22,23)/t15-/m0/s1. The maximum atomic E-state index is 12.5. The van der Waals surface area contributed by atoms with E-state index in [0.717, 1.165) is 12.0 Å². The highest BCUT2D eigenvalue weighted by Gasteiger charge is 2.19. The van der Waals surface area contributed by atoms with Crippen LogP contribution < -0.4 is 19.5 Å². The SMILES string of the molecule is C[C@H](NC(=O)CCNS(=O)(=O)c1ccc2c(c1)OCCCO2)c1ccccc1. The zero-order valence-corrected chi connectivity index (χ0v) is 16.5. The van der Waals surface area contributed by atoms with Crippen LogP contribution in [0.4, 0.5) is 0 Å². The Morgan fingerprint density at radius 1 is 1.07 bits per heavy atom. The van der Waals surface area contributed by atoms with Gasteiger partial charge in [0.1, 0.15) is 0 Å². The van der Waals surface area contributed by atoms with Gasteiger partial charge in [-0.1, -0.05) is 30.3 Å². The van der Waals surface area contributed by atoms with Gasteiger partial charge in [-0.3, -0.25) is 4.79 Å². The number of rotatable bonds is 7. The van der Waals surface area contributed by atoms with Gasteiger partial charge >= 0.3 is 0 Å². The van der Waals surface area contributed by atoms with Crippen molar-refractivity contribution in [1.82, 2.24) is 10.0 Å². The molecule has 0 spiro atoms. The van der Waals surface area contributed by atoms with Gasteiger partial charge in [0.15, 0.2) is 11.5 Å². The van der Waals surface area contributed by atoms with E-state index in [0.29, 0.717) is 24.7 Å². The van der Waals surface area contributed by atoms with E-state index in [1.54, 1.807) is 6.07 Å². The van der Waals surface area contributed by atoms with E-state index < -0.39 is 10.0 Å². The Morgan fingerprint density at radius 3 is 2.54 bits per heavy atom. The molecule has 3 rings (SSSR count). The Balaban J connectivity index is 1.53. The van der Waals surface area contributed by atoms with Gasteiger partial charge in [0.2, 0.25) is 15.9 Å². The number of benzene rings is 2. The molecule has 1 heterocycles. The molecule has 28 heavy (non-hydrogen) atoms. The van der Waals surface area contributed by atoms with E-state index in [-0.39, 0.29) is 29.8 Å². The Kier molecular flexibility index (Phi) is 6.53. The van der Waals surface area contributed by atoms with Crippen molar-refractivity contribution in [3.63, 3.8) is 0 Å². The number of amides is 1. The van der Waals surface area contributed by atoms with Crippen molar-refractivity contribution in [2.75, 3.05) is 19.8 Å². The summed E-state index contributed by atoms with van der Waals surface area (Å²) in [5, 5.41) is 2.86. The molecule has 0 radical (unpaired) electrons. The molecule has 150 valence electrons. The van der Waals surface area contributed by atoms with E-state index in [4.69, 9.17) is 9.47 Å². The van der Waals surface area contributed by atoms with E-state index in [1.165, 1.54) is 12.1 Å². The van der Waals surface area contributed by atoms with Gasteiger partial charge in [-0.15, -0.1) is 0 Å².